The number of amides is 1. The van der Waals surface area contributed by atoms with E-state index < -0.39 is 0 Å². The predicted molar refractivity (Wildman–Crippen MR) is 207 cm³/mol. The van der Waals surface area contributed by atoms with Crippen molar-refractivity contribution in [2.24, 2.45) is 0 Å². The van der Waals surface area contributed by atoms with Crippen LogP contribution in [0.1, 0.15) is 181 Å². The molecule has 0 aromatic heterocycles. The van der Waals surface area contributed by atoms with Crippen molar-refractivity contribution in [1.29, 1.82) is 0 Å². The van der Waals surface area contributed by atoms with E-state index in [0.29, 0.717) is 6.61 Å². The molecule has 4 nitrogen and oxygen atoms in total. The molecule has 0 bridgehead atoms. The van der Waals surface area contributed by atoms with Gasteiger partial charge in [0.15, 0.2) is 0 Å². The zero-order valence-electron chi connectivity index (χ0n) is 31.7. The molecule has 0 aliphatic rings. The Bertz CT molecular complexity index is 696. The molecule has 0 aliphatic carbocycles. The number of ether oxygens (including phenoxy) is 1. The van der Waals surface area contributed by atoms with E-state index in [4.69, 9.17) is 4.74 Å². The summed E-state index contributed by atoms with van der Waals surface area (Å²) in [5.41, 5.74) is 0. The van der Waals surface area contributed by atoms with E-state index in [0.717, 1.165) is 25.9 Å². The molecule has 46 heavy (non-hydrogen) atoms. The summed E-state index contributed by atoms with van der Waals surface area (Å²) in [6.07, 6.45) is 50.1. The molecule has 0 atom stereocenters. The largest absolute Gasteiger partial charge is 0.450 e. The summed E-state index contributed by atoms with van der Waals surface area (Å²) < 4.78 is 5.13. The summed E-state index contributed by atoms with van der Waals surface area (Å²) in [5.74, 6) is 0. The van der Waals surface area contributed by atoms with E-state index in [1.54, 1.807) is 0 Å². The van der Waals surface area contributed by atoms with Gasteiger partial charge in [-0.05, 0) is 78.3 Å². The van der Waals surface area contributed by atoms with Crippen LogP contribution < -0.4 is 5.32 Å². The summed E-state index contributed by atoms with van der Waals surface area (Å²) in [5, 5.41) is 2.83. The van der Waals surface area contributed by atoms with Crippen LogP contribution in [0.15, 0.2) is 48.6 Å². The Morgan fingerprint density at radius 3 is 1.26 bits per heavy atom. The van der Waals surface area contributed by atoms with Crippen molar-refractivity contribution in [3.63, 3.8) is 0 Å². The predicted octanol–water partition coefficient (Wildman–Crippen LogP) is 13.3. The lowest BCUT2D eigenvalue weighted by Crippen LogP contribution is -2.26. The van der Waals surface area contributed by atoms with Gasteiger partial charge in [-0.3, -0.25) is 0 Å². The van der Waals surface area contributed by atoms with Gasteiger partial charge in [0.2, 0.25) is 0 Å². The molecule has 0 aromatic rings. The van der Waals surface area contributed by atoms with Gasteiger partial charge >= 0.3 is 6.09 Å². The normalized spacial score (nSPS) is 11.8. The smallest absolute Gasteiger partial charge is 0.407 e. The minimum Gasteiger partial charge on any atom is -0.450 e. The third kappa shape index (κ3) is 46.6. The van der Waals surface area contributed by atoms with E-state index in [1.165, 1.54) is 148 Å². The SMILES string of the molecule is CCCCC/C=C/C=C\CCCCCCCCC.CCCCC/C=C/C=C\CCCCCCCCCNC(=O)OCCCN(C)C. The highest BCUT2D eigenvalue weighted by atomic mass is 16.5. The first-order valence-electron chi connectivity index (χ1n) is 19.8. The maximum absolute atomic E-state index is 11.5. The van der Waals surface area contributed by atoms with Crippen molar-refractivity contribution in [2.45, 2.75) is 181 Å². The number of carbonyl (C=O) groups excluding carboxylic acids is 1. The van der Waals surface area contributed by atoms with Gasteiger partial charge in [0.1, 0.15) is 0 Å². The Labute approximate surface area is 289 Å². The quantitative estimate of drug-likeness (QED) is 0.0585. The molecule has 0 heterocycles. The molecule has 270 valence electrons. The molecule has 1 N–H and O–H groups in total. The first-order chi connectivity index (χ1) is 22.6. The van der Waals surface area contributed by atoms with Gasteiger partial charge in [0.05, 0.1) is 6.61 Å². The van der Waals surface area contributed by atoms with Crippen molar-refractivity contribution in [3.05, 3.63) is 48.6 Å². The Kier molecular flexibility index (Phi) is 43.5. The monoisotopic (exact) mass is 645 g/mol. The number of nitrogens with zero attached hydrogens (tertiary/aromatic N) is 1. The standard InChI is InChI=1S/C24H46N2O2.C18H34/c1-4-5-6-7-8-9-10-11-12-13-14-15-16-17-18-19-21-25-24(27)28-23-20-22-26(2)3;1-3-5-7-9-11-13-15-17-18-16-14-12-10-8-6-4-2/h8-11H,4-7,12-23H2,1-3H3,(H,25,27);11,13,15,17H,3-10,12,14,16,18H2,1-2H3/b9-8+,11-10-;13-11+,17-15-. The number of hydrogen-bond donors (Lipinski definition) is 1. The fraction of sp³-hybridized carbons (Fsp3) is 0.786. The molecular formula is C42H80N2O2. The van der Waals surface area contributed by atoms with Crippen molar-refractivity contribution in [2.75, 3.05) is 33.8 Å². The fourth-order valence-electron chi connectivity index (χ4n) is 5.00. The third-order valence-corrected chi connectivity index (χ3v) is 7.99. The number of unbranched alkanes of at least 4 members (excludes halogenated alkanes) is 20. The van der Waals surface area contributed by atoms with Crippen LogP contribution >= 0.6 is 0 Å². The zero-order chi connectivity index (χ0) is 34.0. The fourth-order valence-corrected chi connectivity index (χ4v) is 5.00. The molecule has 0 spiro atoms. The maximum atomic E-state index is 11.5. The van der Waals surface area contributed by atoms with Crippen molar-refractivity contribution in [1.82, 2.24) is 10.2 Å². The second-order valence-corrected chi connectivity index (χ2v) is 13.1. The van der Waals surface area contributed by atoms with E-state index >= 15 is 0 Å². The molecule has 1 amide bonds. The summed E-state index contributed by atoms with van der Waals surface area (Å²) in [6, 6.07) is 0. The number of allylic oxidation sites excluding steroid dienone is 8. The van der Waals surface area contributed by atoms with Crippen LogP contribution in [0, 0.1) is 0 Å². The lowest BCUT2D eigenvalue weighted by Gasteiger charge is -2.10. The number of carbonyl (C=O) groups is 1. The van der Waals surface area contributed by atoms with Crippen LogP contribution in [0.4, 0.5) is 4.79 Å². The Balaban J connectivity index is 0. The maximum Gasteiger partial charge on any atom is 0.407 e. The first kappa shape index (κ1) is 46.3. The van der Waals surface area contributed by atoms with Crippen LogP contribution in [-0.4, -0.2) is 44.8 Å². The number of nitrogens with one attached hydrogen (secondary N) is 1. The molecule has 0 aromatic carbocycles. The summed E-state index contributed by atoms with van der Waals surface area (Å²) in [4.78, 5) is 13.6. The second-order valence-electron chi connectivity index (χ2n) is 13.1. The van der Waals surface area contributed by atoms with Crippen LogP contribution in [0.3, 0.4) is 0 Å². The van der Waals surface area contributed by atoms with Gasteiger partial charge in [0.25, 0.3) is 0 Å². The second kappa shape index (κ2) is 43.2. The third-order valence-electron chi connectivity index (χ3n) is 7.99. The topological polar surface area (TPSA) is 41.6 Å². The van der Waals surface area contributed by atoms with Gasteiger partial charge in [0, 0.05) is 13.1 Å². The van der Waals surface area contributed by atoms with Gasteiger partial charge in [-0.2, -0.15) is 0 Å². The highest BCUT2D eigenvalue weighted by Crippen LogP contribution is 2.10. The average molecular weight is 645 g/mol. The molecule has 0 unspecified atom stereocenters. The van der Waals surface area contributed by atoms with Gasteiger partial charge < -0.3 is 15.0 Å². The summed E-state index contributed by atoms with van der Waals surface area (Å²) in [7, 11) is 4.04. The van der Waals surface area contributed by atoms with Crippen LogP contribution in [-0.2, 0) is 4.74 Å². The highest BCUT2D eigenvalue weighted by Gasteiger charge is 2.01. The Morgan fingerprint density at radius 2 is 0.848 bits per heavy atom. The van der Waals surface area contributed by atoms with Crippen LogP contribution in [0.25, 0.3) is 0 Å². The number of hydrogen-bond acceptors (Lipinski definition) is 3. The molecule has 0 saturated carbocycles. The number of alkyl carbamates (subject to hydrolysis) is 1. The van der Waals surface area contributed by atoms with Gasteiger partial charge in [-0.1, -0.05) is 166 Å². The summed E-state index contributed by atoms with van der Waals surface area (Å²) in [6.45, 7) is 8.94. The molecule has 4 heteroatoms. The lowest BCUT2D eigenvalue weighted by molar-refractivity contribution is 0.141. The summed E-state index contributed by atoms with van der Waals surface area (Å²) >= 11 is 0. The van der Waals surface area contributed by atoms with Crippen LogP contribution in [0.2, 0.25) is 0 Å². The average Bonchev–Trinajstić information content (AvgIpc) is 3.05. The zero-order valence-corrected chi connectivity index (χ0v) is 31.7. The lowest BCUT2D eigenvalue weighted by atomic mass is 10.1. The van der Waals surface area contributed by atoms with E-state index in [-0.39, 0.29) is 6.09 Å². The molecular weight excluding hydrogens is 564 g/mol. The molecule has 0 fully saturated rings. The van der Waals surface area contributed by atoms with E-state index in [9.17, 15) is 4.79 Å². The van der Waals surface area contributed by atoms with Crippen molar-refractivity contribution < 1.29 is 9.53 Å². The minimum atomic E-state index is -0.275. The minimum absolute atomic E-state index is 0.275. The molecule has 0 aliphatic heterocycles. The first-order valence-corrected chi connectivity index (χ1v) is 19.8. The number of rotatable bonds is 32. The van der Waals surface area contributed by atoms with Crippen molar-refractivity contribution in [3.8, 4) is 0 Å². The van der Waals surface area contributed by atoms with Crippen LogP contribution in [0.5, 0.6) is 0 Å². The van der Waals surface area contributed by atoms with Gasteiger partial charge in [-0.25, -0.2) is 4.79 Å². The van der Waals surface area contributed by atoms with Gasteiger partial charge in [-0.15, -0.1) is 0 Å². The Morgan fingerprint density at radius 1 is 0.500 bits per heavy atom. The molecule has 0 rings (SSSR count). The van der Waals surface area contributed by atoms with E-state index in [2.05, 4.69) is 79.6 Å². The van der Waals surface area contributed by atoms with E-state index in [1.807, 2.05) is 14.1 Å². The van der Waals surface area contributed by atoms with Crippen molar-refractivity contribution >= 4 is 6.09 Å². The Hall–Kier alpha value is -1.81. The molecule has 0 radical (unpaired) electrons. The highest BCUT2D eigenvalue weighted by molar-refractivity contribution is 5.66. The molecule has 0 saturated heterocycles.